The second kappa shape index (κ2) is 6.54. The lowest BCUT2D eigenvalue weighted by Gasteiger charge is -2.10. The largest absolute Gasteiger partial charge is 0.477 e. The maximum atomic E-state index is 11.9. The molecule has 0 radical (unpaired) electrons. The molecule has 0 aliphatic rings. The van der Waals surface area contributed by atoms with Crippen LogP contribution in [0.1, 0.15) is 36.0 Å². The van der Waals surface area contributed by atoms with Gasteiger partial charge in [0.25, 0.3) is 5.91 Å². The topological polar surface area (TPSA) is 66.4 Å². The molecule has 0 fully saturated rings. The van der Waals surface area contributed by atoms with Crippen LogP contribution in [0.4, 0.5) is 0 Å². The normalized spacial score (nSPS) is 10.4. The van der Waals surface area contributed by atoms with Gasteiger partial charge in [-0.1, -0.05) is 18.2 Å². The molecule has 2 aromatic rings. The Hall–Kier alpha value is -2.14. The third kappa shape index (κ3) is 3.70. The number of hydrogen-bond acceptors (Lipinski definition) is 3. The van der Waals surface area contributed by atoms with E-state index in [4.69, 9.17) is 5.11 Å². The summed E-state index contributed by atoms with van der Waals surface area (Å²) in [5.74, 6) is -1.23. The molecule has 5 heteroatoms. The molecule has 2 rings (SSSR count). The molecule has 1 amide bonds. The van der Waals surface area contributed by atoms with Crippen LogP contribution in [0.25, 0.3) is 0 Å². The molecule has 4 nitrogen and oxygen atoms in total. The lowest BCUT2D eigenvalue weighted by molar-refractivity contribution is 0.0702. The second-order valence-corrected chi connectivity index (χ2v) is 5.93. The van der Waals surface area contributed by atoms with E-state index in [1.807, 2.05) is 6.07 Å². The Morgan fingerprint density at radius 2 is 1.71 bits per heavy atom. The third-order valence-electron chi connectivity index (χ3n) is 3.35. The monoisotopic (exact) mass is 303 g/mol. The smallest absolute Gasteiger partial charge is 0.345 e. The molecule has 0 aliphatic heterocycles. The Kier molecular flexibility index (Phi) is 4.75. The van der Waals surface area contributed by atoms with Gasteiger partial charge in [-0.3, -0.25) is 4.79 Å². The molecule has 0 saturated heterocycles. The van der Waals surface area contributed by atoms with Crippen molar-refractivity contribution in [3.05, 3.63) is 56.8 Å². The Labute approximate surface area is 127 Å². The number of aryl methyl sites for hydroxylation is 2. The molecule has 0 unspecified atom stereocenters. The number of carbonyl (C=O) groups is 2. The summed E-state index contributed by atoms with van der Waals surface area (Å²) in [5, 5.41) is 11.7. The Balaban J connectivity index is 1.94. The SMILES string of the molecule is Cc1cccc(C)c1CCNC(=O)c1ccc(C(=O)O)s1. The number of carbonyl (C=O) groups excluding carboxylic acids is 1. The minimum Gasteiger partial charge on any atom is -0.477 e. The van der Waals surface area contributed by atoms with E-state index in [9.17, 15) is 9.59 Å². The number of nitrogens with one attached hydrogen (secondary N) is 1. The van der Waals surface area contributed by atoms with Gasteiger partial charge in [0.05, 0.1) is 4.88 Å². The third-order valence-corrected chi connectivity index (χ3v) is 4.42. The Morgan fingerprint density at radius 1 is 1.10 bits per heavy atom. The van der Waals surface area contributed by atoms with Crippen LogP contribution >= 0.6 is 11.3 Å². The number of hydrogen-bond donors (Lipinski definition) is 2. The average Bonchev–Trinajstić information content (AvgIpc) is 2.92. The van der Waals surface area contributed by atoms with Gasteiger partial charge < -0.3 is 10.4 Å². The van der Waals surface area contributed by atoms with E-state index >= 15 is 0 Å². The lowest BCUT2D eigenvalue weighted by Crippen LogP contribution is -2.25. The first-order valence-corrected chi connectivity index (χ1v) is 7.47. The summed E-state index contributed by atoms with van der Waals surface area (Å²) in [6.45, 7) is 4.65. The van der Waals surface area contributed by atoms with E-state index in [1.165, 1.54) is 22.8 Å². The van der Waals surface area contributed by atoms with Crippen molar-refractivity contribution < 1.29 is 14.7 Å². The first kappa shape index (κ1) is 15.3. The summed E-state index contributed by atoms with van der Waals surface area (Å²) in [4.78, 5) is 23.3. The average molecular weight is 303 g/mol. The summed E-state index contributed by atoms with van der Waals surface area (Å²) < 4.78 is 0. The number of aromatic carboxylic acids is 1. The molecule has 0 aliphatic carbocycles. The minimum absolute atomic E-state index is 0.176. The first-order valence-electron chi connectivity index (χ1n) is 6.65. The van der Waals surface area contributed by atoms with Crippen LogP contribution in [0.5, 0.6) is 0 Å². The molecule has 21 heavy (non-hydrogen) atoms. The molecule has 1 heterocycles. The van der Waals surface area contributed by atoms with Crippen LogP contribution in [-0.2, 0) is 6.42 Å². The zero-order chi connectivity index (χ0) is 15.4. The fourth-order valence-corrected chi connectivity index (χ4v) is 2.97. The van der Waals surface area contributed by atoms with Crippen molar-refractivity contribution in [3.8, 4) is 0 Å². The van der Waals surface area contributed by atoms with Crippen LogP contribution in [0.15, 0.2) is 30.3 Å². The van der Waals surface area contributed by atoms with Crippen molar-refractivity contribution in [1.29, 1.82) is 0 Å². The Morgan fingerprint density at radius 3 is 2.29 bits per heavy atom. The van der Waals surface area contributed by atoms with Crippen molar-refractivity contribution in [3.63, 3.8) is 0 Å². The molecule has 0 atom stereocenters. The second-order valence-electron chi connectivity index (χ2n) is 4.85. The fourth-order valence-electron chi connectivity index (χ4n) is 2.21. The van der Waals surface area contributed by atoms with E-state index < -0.39 is 5.97 Å². The maximum absolute atomic E-state index is 11.9. The highest BCUT2D eigenvalue weighted by atomic mass is 32.1. The van der Waals surface area contributed by atoms with Crippen LogP contribution in [0, 0.1) is 13.8 Å². The number of carboxylic acid groups (broad SMARTS) is 1. The number of carboxylic acids is 1. The van der Waals surface area contributed by atoms with Gasteiger partial charge in [-0.25, -0.2) is 4.79 Å². The van der Waals surface area contributed by atoms with E-state index in [0.29, 0.717) is 11.4 Å². The van der Waals surface area contributed by atoms with E-state index in [-0.39, 0.29) is 10.8 Å². The molecule has 110 valence electrons. The van der Waals surface area contributed by atoms with Crippen molar-refractivity contribution in [2.24, 2.45) is 0 Å². The van der Waals surface area contributed by atoms with Gasteiger partial charge in [-0.2, -0.15) is 0 Å². The first-order chi connectivity index (χ1) is 9.99. The summed E-state index contributed by atoms with van der Waals surface area (Å²) >= 11 is 0.990. The maximum Gasteiger partial charge on any atom is 0.345 e. The predicted molar refractivity (Wildman–Crippen MR) is 83.2 cm³/mol. The molecule has 1 aromatic heterocycles. The van der Waals surface area contributed by atoms with Crippen LogP contribution < -0.4 is 5.32 Å². The number of amides is 1. The number of thiophene rings is 1. The molecule has 0 spiro atoms. The van der Waals surface area contributed by atoms with Gasteiger partial charge in [-0.15, -0.1) is 11.3 Å². The van der Waals surface area contributed by atoms with Gasteiger partial charge in [0.1, 0.15) is 4.88 Å². The highest BCUT2D eigenvalue weighted by molar-refractivity contribution is 7.15. The van der Waals surface area contributed by atoms with Crippen molar-refractivity contribution in [2.75, 3.05) is 6.54 Å². The van der Waals surface area contributed by atoms with Crippen LogP contribution in [-0.4, -0.2) is 23.5 Å². The lowest BCUT2D eigenvalue weighted by atomic mass is 10.0. The zero-order valence-corrected chi connectivity index (χ0v) is 12.8. The van der Waals surface area contributed by atoms with Gasteiger partial charge in [0.2, 0.25) is 0 Å². The molecular formula is C16H17NO3S. The van der Waals surface area contributed by atoms with E-state index in [0.717, 1.165) is 17.8 Å². The number of benzene rings is 1. The minimum atomic E-state index is -1.01. The predicted octanol–water partition coefficient (Wildman–Crippen LogP) is 3.04. The summed E-state index contributed by atoms with van der Waals surface area (Å²) in [6, 6.07) is 9.13. The molecule has 0 saturated carbocycles. The number of rotatable bonds is 5. The van der Waals surface area contributed by atoms with Crippen molar-refractivity contribution in [1.82, 2.24) is 5.32 Å². The standard InChI is InChI=1S/C16H17NO3S/c1-10-4-3-5-11(2)12(10)8-9-17-15(18)13-6-7-14(21-13)16(19)20/h3-7H,8-9H2,1-2H3,(H,17,18)(H,19,20). The van der Waals surface area contributed by atoms with Crippen molar-refractivity contribution in [2.45, 2.75) is 20.3 Å². The van der Waals surface area contributed by atoms with Crippen molar-refractivity contribution >= 4 is 23.2 Å². The quantitative estimate of drug-likeness (QED) is 0.892. The van der Waals surface area contributed by atoms with Crippen LogP contribution in [0.2, 0.25) is 0 Å². The highest BCUT2D eigenvalue weighted by Crippen LogP contribution is 2.17. The van der Waals surface area contributed by atoms with E-state index in [2.05, 4.69) is 31.3 Å². The van der Waals surface area contributed by atoms with Gasteiger partial charge in [0.15, 0.2) is 0 Å². The molecule has 2 N–H and O–H groups in total. The van der Waals surface area contributed by atoms with Crippen LogP contribution in [0.3, 0.4) is 0 Å². The summed E-state index contributed by atoms with van der Waals surface area (Å²) in [6.07, 6.45) is 0.765. The Bertz CT molecular complexity index is 656. The molecular weight excluding hydrogens is 286 g/mol. The van der Waals surface area contributed by atoms with Gasteiger partial charge >= 0.3 is 5.97 Å². The molecule has 1 aromatic carbocycles. The van der Waals surface area contributed by atoms with E-state index in [1.54, 1.807) is 6.07 Å². The van der Waals surface area contributed by atoms with Gasteiger partial charge in [-0.05, 0) is 49.1 Å². The summed E-state index contributed by atoms with van der Waals surface area (Å²) in [7, 11) is 0. The highest BCUT2D eigenvalue weighted by Gasteiger charge is 2.12. The zero-order valence-electron chi connectivity index (χ0n) is 12.0. The fraction of sp³-hybridized carbons (Fsp3) is 0.250. The molecule has 0 bridgehead atoms. The van der Waals surface area contributed by atoms with Gasteiger partial charge in [0, 0.05) is 6.54 Å². The summed E-state index contributed by atoms with van der Waals surface area (Å²) in [5.41, 5.74) is 3.68.